The number of carbonyl (C=O) groups is 1. The third-order valence-electron chi connectivity index (χ3n) is 3.27. The van der Waals surface area contributed by atoms with E-state index in [1.165, 1.54) is 0 Å². The molecule has 1 N–H and O–H groups in total. The summed E-state index contributed by atoms with van der Waals surface area (Å²) in [5.41, 5.74) is 3.31. The van der Waals surface area contributed by atoms with Gasteiger partial charge in [-0.3, -0.25) is 0 Å². The molecule has 4 nitrogen and oxygen atoms in total. The maximum Gasteiger partial charge on any atom is 0.328 e. The van der Waals surface area contributed by atoms with E-state index in [1.807, 2.05) is 60.8 Å². The number of rotatable bonds is 4. The normalized spacial score (nSPS) is 11.0. The Hall–Kier alpha value is -2.66. The van der Waals surface area contributed by atoms with E-state index in [1.54, 1.807) is 10.8 Å². The third kappa shape index (κ3) is 3.57. The summed E-state index contributed by atoms with van der Waals surface area (Å²) < 4.78 is 2.69. The number of benzene rings is 2. The Morgan fingerprint density at radius 2 is 1.91 bits per heavy atom. The first kappa shape index (κ1) is 15.2. The van der Waals surface area contributed by atoms with Crippen molar-refractivity contribution in [1.82, 2.24) is 9.78 Å². The van der Waals surface area contributed by atoms with E-state index in [9.17, 15) is 4.79 Å². The molecule has 0 aliphatic rings. The molecule has 23 heavy (non-hydrogen) atoms. The average molecular weight is 369 g/mol. The van der Waals surface area contributed by atoms with Gasteiger partial charge in [0.15, 0.2) is 0 Å². The number of aliphatic carboxylic acids is 1. The Morgan fingerprint density at radius 3 is 2.61 bits per heavy atom. The quantitative estimate of drug-likeness (QED) is 0.694. The average Bonchev–Trinajstić information content (AvgIpc) is 2.98. The second-order valence-corrected chi connectivity index (χ2v) is 5.81. The van der Waals surface area contributed by atoms with Gasteiger partial charge >= 0.3 is 5.97 Å². The number of para-hydroxylation sites is 1. The largest absolute Gasteiger partial charge is 0.478 e. The van der Waals surface area contributed by atoms with Gasteiger partial charge in [0.05, 0.1) is 11.4 Å². The Morgan fingerprint density at radius 1 is 1.13 bits per heavy atom. The van der Waals surface area contributed by atoms with Crippen molar-refractivity contribution in [2.45, 2.75) is 0 Å². The number of aromatic nitrogens is 2. The van der Waals surface area contributed by atoms with Gasteiger partial charge in [-0.05, 0) is 30.3 Å². The Kier molecular flexibility index (Phi) is 4.39. The molecule has 3 rings (SSSR count). The number of carboxylic acids is 1. The lowest BCUT2D eigenvalue weighted by Gasteiger charge is -2.01. The summed E-state index contributed by atoms with van der Waals surface area (Å²) in [5, 5.41) is 13.5. The van der Waals surface area contributed by atoms with Crippen LogP contribution in [0.2, 0.25) is 0 Å². The lowest BCUT2D eigenvalue weighted by Crippen LogP contribution is -1.93. The van der Waals surface area contributed by atoms with E-state index in [0.29, 0.717) is 0 Å². The fraction of sp³-hybridized carbons (Fsp3) is 0. The molecule has 0 fully saturated rings. The zero-order chi connectivity index (χ0) is 16.2. The van der Waals surface area contributed by atoms with Crippen molar-refractivity contribution in [1.29, 1.82) is 0 Å². The molecule has 0 saturated carbocycles. The van der Waals surface area contributed by atoms with Crippen LogP contribution in [0.4, 0.5) is 0 Å². The molecule has 0 unspecified atom stereocenters. The van der Waals surface area contributed by atoms with Gasteiger partial charge in [0.1, 0.15) is 0 Å². The molecule has 0 radical (unpaired) electrons. The summed E-state index contributed by atoms with van der Waals surface area (Å²) in [5.74, 6) is -0.988. The summed E-state index contributed by atoms with van der Waals surface area (Å²) in [6.07, 6.45) is 4.50. The molecule has 0 saturated heterocycles. The Bertz CT molecular complexity index is 870. The number of hydrogen-bond donors (Lipinski definition) is 1. The molecule has 0 atom stereocenters. The lowest BCUT2D eigenvalue weighted by atomic mass is 10.1. The van der Waals surface area contributed by atoms with Gasteiger partial charge in [-0.25, -0.2) is 9.48 Å². The molecule has 0 aliphatic carbocycles. The fourth-order valence-corrected chi connectivity index (χ4v) is 2.64. The second-order valence-electron chi connectivity index (χ2n) is 4.90. The zero-order valence-corrected chi connectivity index (χ0v) is 13.6. The molecule has 1 heterocycles. The van der Waals surface area contributed by atoms with Crippen LogP contribution in [0.5, 0.6) is 0 Å². The summed E-state index contributed by atoms with van der Waals surface area (Å²) in [7, 11) is 0. The molecular weight excluding hydrogens is 356 g/mol. The highest BCUT2D eigenvalue weighted by molar-refractivity contribution is 9.10. The minimum atomic E-state index is -0.988. The Labute approximate surface area is 141 Å². The number of carboxylic acid groups (broad SMARTS) is 1. The topological polar surface area (TPSA) is 55.1 Å². The van der Waals surface area contributed by atoms with E-state index < -0.39 is 5.97 Å². The van der Waals surface area contributed by atoms with Gasteiger partial charge in [-0.1, -0.05) is 46.3 Å². The highest BCUT2D eigenvalue weighted by Crippen LogP contribution is 2.27. The lowest BCUT2D eigenvalue weighted by molar-refractivity contribution is -0.131. The van der Waals surface area contributed by atoms with Crippen molar-refractivity contribution in [3.63, 3.8) is 0 Å². The molecule has 3 aromatic rings. The highest BCUT2D eigenvalue weighted by atomic mass is 79.9. The molecule has 0 amide bonds. The molecular formula is C18H13BrN2O2. The van der Waals surface area contributed by atoms with Crippen LogP contribution in [0.25, 0.3) is 23.0 Å². The zero-order valence-electron chi connectivity index (χ0n) is 12.1. The second kappa shape index (κ2) is 6.62. The number of hydrogen-bond acceptors (Lipinski definition) is 2. The van der Waals surface area contributed by atoms with E-state index in [0.717, 1.165) is 33.1 Å². The van der Waals surface area contributed by atoms with Crippen molar-refractivity contribution in [3.8, 4) is 16.9 Å². The van der Waals surface area contributed by atoms with Crippen LogP contribution < -0.4 is 0 Å². The fourth-order valence-electron chi connectivity index (χ4n) is 2.24. The molecule has 1 aromatic heterocycles. The highest BCUT2D eigenvalue weighted by Gasteiger charge is 2.11. The van der Waals surface area contributed by atoms with Gasteiger partial charge in [-0.2, -0.15) is 5.10 Å². The Balaban J connectivity index is 2.13. The number of nitrogens with zero attached hydrogens (tertiary/aromatic N) is 2. The van der Waals surface area contributed by atoms with Gasteiger partial charge in [0, 0.05) is 27.9 Å². The SMILES string of the molecule is O=C(O)C=Cc1cn(-c2ccccc2)nc1-c1cccc(Br)c1. The van der Waals surface area contributed by atoms with Gasteiger partial charge in [0.25, 0.3) is 0 Å². The van der Waals surface area contributed by atoms with Crippen molar-refractivity contribution in [3.05, 3.63) is 76.9 Å². The van der Waals surface area contributed by atoms with Crippen LogP contribution in [-0.4, -0.2) is 20.9 Å². The minimum Gasteiger partial charge on any atom is -0.478 e. The minimum absolute atomic E-state index is 0.729. The smallest absolute Gasteiger partial charge is 0.328 e. The number of halogens is 1. The maximum atomic E-state index is 10.8. The predicted molar refractivity (Wildman–Crippen MR) is 93.4 cm³/mol. The van der Waals surface area contributed by atoms with Crippen LogP contribution in [0.3, 0.4) is 0 Å². The molecule has 0 bridgehead atoms. The van der Waals surface area contributed by atoms with Crippen molar-refractivity contribution in [2.75, 3.05) is 0 Å². The van der Waals surface area contributed by atoms with Crippen LogP contribution in [0, 0.1) is 0 Å². The maximum absolute atomic E-state index is 10.8. The monoisotopic (exact) mass is 368 g/mol. The van der Waals surface area contributed by atoms with Gasteiger partial charge < -0.3 is 5.11 Å². The van der Waals surface area contributed by atoms with Crippen LogP contribution >= 0.6 is 15.9 Å². The molecule has 0 aliphatic heterocycles. The standard InChI is InChI=1S/C18H13BrN2O2/c19-15-6-4-5-13(11-15)18-14(9-10-17(22)23)12-21(20-18)16-7-2-1-3-8-16/h1-12H,(H,22,23). The van der Waals surface area contributed by atoms with Crippen LogP contribution in [0.15, 0.2) is 71.3 Å². The van der Waals surface area contributed by atoms with E-state index >= 15 is 0 Å². The summed E-state index contributed by atoms with van der Waals surface area (Å²) in [4.78, 5) is 10.8. The first-order chi connectivity index (χ1) is 11.1. The van der Waals surface area contributed by atoms with Gasteiger partial charge in [-0.15, -0.1) is 0 Å². The van der Waals surface area contributed by atoms with E-state index in [2.05, 4.69) is 21.0 Å². The summed E-state index contributed by atoms with van der Waals surface area (Å²) in [6, 6.07) is 17.5. The van der Waals surface area contributed by atoms with Crippen molar-refractivity contribution in [2.24, 2.45) is 0 Å². The third-order valence-corrected chi connectivity index (χ3v) is 3.76. The van der Waals surface area contributed by atoms with Crippen molar-refractivity contribution >= 4 is 28.0 Å². The molecule has 5 heteroatoms. The van der Waals surface area contributed by atoms with Crippen molar-refractivity contribution < 1.29 is 9.90 Å². The summed E-state index contributed by atoms with van der Waals surface area (Å²) in [6.45, 7) is 0. The van der Waals surface area contributed by atoms with Crippen LogP contribution in [-0.2, 0) is 4.79 Å². The first-order valence-corrected chi connectivity index (χ1v) is 7.75. The summed E-state index contributed by atoms with van der Waals surface area (Å²) >= 11 is 3.45. The van der Waals surface area contributed by atoms with Gasteiger partial charge in [0.2, 0.25) is 0 Å². The molecule has 2 aromatic carbocycles. The predicted octanol–water partition coefficient (Wildman–Crippen LogP) is 4.40. The molecule has 114 valence electrons. The van der Waals surface area contributed by atoms with E-state index in [4.69, 9.17) is 5.11 Å². The van der Waals surface area contributed by atoms with Crippen LogP contribution in [0.1, 0.15) is 5.56 Å². The van der Waals surface area contributed by atoms with E-state index in [-0.39, 0.29) is 0 Å². The molecule has 0 spiro atoms. The first-order valence-electron chi connectivity index (χ1n) is 6.95.